The van der Waals surface area contributed by atoms with Crippen LogP contribution in [-0.2, 0) is 4.79 Å². The third-order valence-corrected chi connectivity index (χ3v) is 3.36. The maximum Gasteiger partial charge on any atom is 0.269 e. The van der Waals surface area contributed by atoms with Crippen molar-refractivity contribution in [3.05, 3.63) is 64.9 Å². The number of nitriles is 1. The summed E-state index contributed by atoms with van der Waals surface area (Å²) in [7, 11) is 0. The van der Waals surface area contributed by atoms with E-state index < -0.39 is 5.91 Å². The molecule has 2 aromatic carbocycles. The zero-order valence-electron chi connectivity index (χ0n) is 11.8. The van der Waals surface area contributed by atoms with Gasteiger partial charge in [-0.25, -0.2) is 0 Å². The molecule has 1 amide bonds. The molecule has 110 valence electrons. The summed E-state index contributed by atoms with van der Waals surface area (Å²) in [5.74, 6) is -0.958. The number of allylic oxidation sites excluding steroid dienone is 1. The molecule has 2 N–H and O–H groups in total. The lowest BCUT2D eigenvalue weighted by Gasteiger charge is -2.07. The monoisotopic (exact) mass is 312 g/mol. The molecule has 0 saturated heterocycles. The van der Waals surface area contributed by atoms with Crippen molar-refractivity contribution in [2.45, 2.75) is 6.92 Å². The normalized spacial score (nSPS) is 11.3. The van der Waals surface area contributed by atoms with Crippen LogP contribution in [0.1, 0.15) is 6.92 Å². The van der Waals surface area contributed by atoms with Crippen LogP contribution < -0.4 is 5.32 Å². The van der Waals surface area contributed by atoms with Crippen molar-refractivity contribution in [3.8, 4) is 17.2 Å². The number of aliphatic hydroxyl groups excluding tert-OH is 1. The quantitative estimate of drug-likeness (QED) is 0.504. The molecular formula is C17H13ClN2O2. The number of nitrogens with zero attached hydrogens (tertiary/aromatic N) is 1. The summed E-state index contributed by atoms with van der Waals surface area (Å²) in [6.45, 7) is 1.29. The molecule has 0 aliphatic rings. The minimum atomic E-state index is -0.645. The fourth-order valence-corrected chi connectivity index (χ4v) is 2.16. The highest BCUT2D eigenvalue weighted by atomic mass is 35.5. The first-order chi connectivity index (χ1) is 10.5. The minimum Gasteiger partial charge on any atom is -0.511 e. The van der Waals surface area contributed by atoms with Crippen LogP contribution in [0.2, 0.25) is 5.02 Å². The van der Waals surface area contributed by atoms with Crippen LogP contribution in [-0.4, -0.2) is 11.0 Å². The van der Waals surface area contributed by atoms with Gasteiger partial charge in [-0.3, -0.25) is 4.79 Å². The van der Waals surface area contributed by atoms with Gasteiger partial charge in [0.25, 0.3) is 5.91 Å². The van der Waals surface area contributed by atoms with Crippen LogP contribution >= 0.6 is 11.6 Å². The van der Waals surface area contributed by atoms with Crippen LogP contribution in [0.5, 0.6) is 0 Å². The van der Waals surface area contributed by atoms with Crippen molar-refractivity contribution in [2.24, 2.45) is 0 Å². The first-order valence-electron chi connectivity index (χ1n) is 6.49. The number of carbonyl (C=O) groups excluding carboxylic acids is 1. The summed E-state index contributed by atoms with van der Waals surface area (Å²) in [4.78, 5) is 11.8. The zero-order valence-corrected chi connectivity index (χ0v) is 12.6. The number of hydrogen-bond acceptors (Lipinski definition) is 3. The Morgan fingerprint density at radius 1 is 1.18 bits per heavy atom. The second-order valence-electron chi connectivity index (χ2n) is 4.58. The third-order valence-electron chi connectivity index (χ3n) is 3.03. The van der Waals surface area contributed by atoms with E-state index in [1.165, 1.54) is 6.92 Å². The van der Waals surface area contributed by atoms with Crippen molar-refractivity contribution in [3.63, 3.8) is 0 Å². The Balaban J connectivity index is 2.21. The maximum atomic E-state index is 11.8. The number of amides is 1. The average Bonchev–Trinajstić information content (AvgIpc) is 2.49. The minimum absolute atomic E-state index is 0.310. The summed E-state index contributed by atoms with van der Waals surface area (Å²) < 4.78 is 0. The lowest BCUT2D eigenvalue weighted by Crippen LogP contribution is -2.14. The SMILES string of the molecule is C/C(O)=C(/C#N)C(=O)Nc1ccc(-c2ccccc2Cl)cc1. The zero-order chi connectivity index (χ0) is 16.1. The van der Waals surface area contributed by atoms with Gasteiger partial charge < -0.3 is 10.4 Å². The van der Waals surface area contributed by atoms with Gasteiger partial charge in [-0.2, -0.15) is 5.26 Å². The van der Waals surface area contributed by atoms with Crippen LogP contribution in [0.25, 0.3) is 11.1 Å². The van der Waals surface area contributed by atoms with Crippen LogP contribution in [0.15, 0.2) is 59.9 Å². The smallest absolute Gasteiger partial charge is 0.269 e. The Kier molecular flexibility index (Phi) is 4.82. The van der Waals surface area contributed by atoms with Crippen molar-refractivity contribution in [1.29, 1.82) is 5.26 Å². The van der Waals surface area contributed by atoms with Gasteiger partial charge in [-0.15, -0.1) is 0 Å². The van der Waals surface area contributed by atoms with Gasteiger partial charge in [0, 0.05) is 16.3 Å². The van der Waals surface area contributed by atoms with Gasteiger partial charge in [0.2, 0.25) is 0 Å². The third kappa shape index (κ3) is 3.46. The molecule has 0 spiro atoms. The molecule has 0 aliphatic heterocycles. The molecule has 4 nitrogen and oxygen atoms in total. The Hall–Kier alpha value is -2.77. The molecule has 0 saturated carbocycles. The summed E-state index contributed by atoms with van der Waals surface area (Å²) in [6.07, 6.45) is 0. The van der Waals surface area contributed by atoms with Gasteiger partial charge in [0.1, 0.15) is 11.8 Å². The van der Waals surface area contributed by atoms with Crippen LogP contribution in [0, 0.1) is 11.3 Å². The molecular weight excluding hydrogens is 300 g/mol. The maximum absolute atomic E-state index is 11.8. The largest absolute Gasteiger partial charge is 0.511 e. The number of rotatable bonds is 3. The Morgan fingerprint density at radius 3 is 2.36 bits per heavy atom. The first kappa shape index (κ1) is 15.6. The van der Waals surface area contributed by atoms with Gasteiger partial charge in [-0.05, 0) is 30.7 Å². The molecule has 0 aliphatic carbocycles. The summed E-state index contributed by atoms with van der Waals surface area (Å²) in [5, 5.41) is 21.3. The Morgan fingerprint density at radius 2 is 1.82 bits per heavy atom. The summed E-state index contributed by atoms with van der Waals surface area (Å²) in [5.41, 5.74) is 2.02. The standard InChI is InChI=1S/C17H13ClN2O2/c1-11(21)15(10-19)17(22)20-13-8-6-12(7-9-13)14-4-2-3-5-16(14)18/h2-9,21H,1H3,(H,20,22)/b15-11+. The van der Waals surface area contributed by atoms with E-state index in [-0.39, 0.29) is 11.3 Å². The predicted molar refractivity (Wildman–Crippen MR) is 86.5 cm³/mol. The van der Waals surface area contributed by atoms with E-state index in [1.807, 2.05) is 30.3 Å². The van der Waals surface area contributed by atoms with Crippen LogP contribution in [0.3, 0.4) is 0 Å². The molecule has 0 bridgehead atoms. The van der Waals surface area contributed by atoms with E-state index in [0.29, 0.717) is 10.7 Å². The number of aliphatic hydroxyl groups is 1. The van der Waals surface area contributed by atoms with Crippen LogP contribution in [0.4, 0.5) is 5.69 Å². The molecule has 0 aromatic heterocycles. The molecule has 2 rings (SSSR count). The number of nitrogens with one attached hydrogen (secondary N) is 1. The van der Waals surface area contributed by atoms with Crippen molar-refractivity contribution >= 4 is 23.2 Å². The molecule has 0 heterocycles. The average molecular weight is 313 g/mol. The molecule has 0 atom stereocenters. The fraction of sp³-hybridized carbons (Fsp3) is 0.0588. The number of halogens is 1. The molecule has 2 aromatic rings. The van der Waals surface area contributed by atoms with E-state index in [1.54, 1.807) is 24.3 Å². The topological polar surface area (TPSA) is 73.1 Å². The van der Waals surface area contributed by atoms with E-state index in [0.717, 1.165) is 11.1 Å². The molecule has 0 radical (unpaired) electrons. The van der Waals surface area contributed by atoms with E-state index in [9.17, 15) is 9.90 Å². The Labute approximate surface area is 133 Å². The molecule has 22 heavy (non-hydrogen) atoms. The highest BCUT2D eigenvalue weighted by Crippen LogP contribution is 2.28. The van der Waals surface area contributed by atoms with E-state index in [2.05, 4.69) is 5.32 Å². The van der Waals surface area contributed by atoms with Crippen molar-refractivity contribution < 1.29 is 9.90 Å². The van der Waals surface area contributed by atoms with Gasteiger partial charge in [0.15, 0.2) is 5.57 Å². The molecule has 0 fully saturated rings. The lowest BCUT2D eigenvalue weighted by molar-refractivity contribution is -0.112. The summed E-state index contributed by atoms with van der Waals surface area (Å²) in [6, 6.07) is 16.2. The predicted octanol–water partition coefficient (Wildman–Crippen LogP) is 4.30. The van der Waals surface area contributed by atoms with Crippen molar-refractivity contribution in [1.82, 2.24) is 0 Å². The van der Waals surface area contributed by atoms with E-state index in [4.69, 9.17) is 16.9 Å². The summed E-state index contributed by atoms with van der Waals surface area (Å²) >= 11 is 6.14. The highest BCUT2D eigenvalue weighted by Gasteiger charge is 2.12. The molecule has 0 unspecified atom stereocenters. The highest BCUT2D eigenvalue weighted by molar-refractivity contribution is 6.33. The number of anilines is 1. The number of benzene rings is 2. The fourth-order valence-electron chi connectivity index (χ4n) is 1.92. The number of hydrogen-bond donors (Lipinski definition) is 2. The van der Waals surface area contributed by atoms with Gasteiger partial charge >= 0.3 is 0 Å². The van der Waals surface area contributed by atoms with Gasteiger partial charge in [0.05, 0.1) is 0 Å². The number of carbonyl (C=O) groups is 1. The second-order valence-corrected chi connectivity index (χ2v) is 4.99. The second kappa shape index (κ2) is 6.79. The molecule has 5 heteroatoms. The first-order valence-corrected chi connectivity index (χ1v) is 6.87. The van der Waals surface area contributed by atoms with Crippen molar-refractivity contribution in [2.75, 3.05) is 5.32 Å². The Bertz CT molecular complexity index is 770. The van der Waals surface area contributed by atoms with Gasteiger partial charge in [-0.1, -0.05) is 41.9 Å². The lowest BCUT2D eigenvalue weighted by atomic mass is 10.1. The van der Waals surface area contributed by atoms with E-state index >= 15 is 0 Å².